The number of thioether (sulfide) groups is 1. The van der Waals surface area contributed by atoms with Crippen LogP contribution in [0.2, 0.25) is 0 Å². The van der Waals surface area contributed by atoms with Crippen molar-refractivity contribution in [3.63, 3.8) is 0 Å². The molecule has 2 rings (SSSR count). The first-order valence-corrected chi connectivity index (χ1v) is 8.24. The van der Waals surface area contributed by atoms with Gasteiger partial charge >= 0.3 is 0 Å². The van der Waals surface area contributed by atoms with E-state index in [1.165, 1.54) is 55.0 Å². The highest BCUT2D eigenvalue weighted by molar-refractivity contribution is 7.99. The van der Waals surface area contributed by atoms with E-state index in [4.69, 9.17) is 0 Å². The molecule has 0 spiro atoms. The second-order valence-corrected chi connectivity index (χ2v) is 6.46. The lowest BCUT2D eigenvalue weighted by Crippen LogP contribution is -2.18. The molecule has 0 amide bonds. The van der Waals surface area contributed by atoms with Gasteiger partial charge in [-0.2, -0.15) is 0 Å². The summed E-state index contributed by atoms with van der Waals surface area (Å²) in [6.07, 6.45) is 6.38. The number of anilines is 1. The van der Waals surface area contributed by atoms with E-state index < -0.39 is 0 Å². The average molecular weight is 263 g/mol. The first kappa shape index (κ1) is 13.8. The summed E-state index contributed by atoms with van der Waals surface area (Å²) in [7, 11) is 2.24. The fourth-order valence-electron chi connectivity index (χ4n) is 2.76. The minimum Gasteiger partial charge on any atom is -0.374 e. The predicted octanol–water partition coefficient (Wildman–Crippen LogP) is 4.52. The molecule has 0 radical (unpaired) electrons. The molecule has 0 saturated heterocycles. The van der Waals surface area contributed by atoms with Gasteiger partial charge in [-0.15, -0.1) is 11.8 Å². The number of aryl methyl sites for hydroxylation is 2. The Labute approximate surface area is 116 Å². The van der Waals surface area contributed by atoms with Crippen LogP contribution in [0.15, 0.2) is 17.0 Å². The summed E-state index contributed by atoms with van der Waals surface area (Å²) < 4.78 is 0. The minimum atomic E-state index is 1.17. The number of rotatable bonds is 4. The van der Waals surface area contributed by atoms with Gasteiger partial charge in [0.15, 0.2) is 0 Å². The molecule has 0 aliphatic carbocycles. The SMILES string of the molecule is CCCc1cc2c(cc1SCC)N(C)CCCC2. The maximum absolute atomic E-state index is 2.48. The highest BCUT2D eigenvalue weighted by Gasteiger charge is 2.15. The van der Waals surface area contributed by atoms with E-state index in [0.29, 0.717) is 0 Å². The van der Waals surface area contributed by atoms with Crippen LogP contribution in [-0.2, 0) is 12.8 Å². The van der Waals surface area contributed by atoms with Crippen LogP contribution in [0, 0.1) is 0 Å². The second-order valence-electron chi connectivity index (χ2n) is 5.15. The van der Waals surface area contributed by atoms with Crippen LogP contribution in [0.5, 0.6) is 0 Å². The van der Waals surface area contributed by atoms with Gasteiger partial charge in [-0.1, -0.05) is 26.3 Å². The van der Waals surface area contributed by atoms with Crippen LogP contribution in [0.1, 0.15) is 44.2 Å². The maximum Gasteiger partial charge on any atom is 0.0407 e. The molecule has 2 heteroatoms. The lowest BCUT2D eigenvalue weighted by molar-refractivity contribution is 0.749. The van der Waals surface area contributed by atoms with E-state index in [2.05, 4.69) is 37.9 Å². The quantitative estimate of drug-likeness (QED) is 0.735. The van der Waals surface area contributed by atoms with E-state index >= 15 is 0 Å². The number of hydrogen-bond donors (Lipinski definition) is 0. The van der Waals surface area contributed by atoms with Crippen molar-refractivity contribution in [3.8, 4) is 0 Å². The lowest BCUT2D eigenvalue weighted by atomic mass is 10.0. The zero-order valence-corrected chi connectivity index (χ0v) is 12.8. The fraction of sp³-hybridized carbons (Fsp3) is 0.625. The minimum absolute atomic E-state index is 1.17. The molecule has 1 aromatic rings. The number of fused-ring (bicyclic) bond motifs is 1. The maximum atomic E-state index is 2.48. The van der Waals surface area contributed by atoms with Gasteiger partial charge in [0, 0.05) is 24.2 Å². The zero-order valence-electron chi connectivity index (χ0n) is 12.0. The largest absolute Gasteiger partial charge is 0.374 e. The molecule has 1 aliphatic heterocycles. The third kappa shape index (κ3) is 3.03. The Kier molecular flexibility index (Phi) is 4.99. The molecule has 0 unspecified atom stereocenters. The van der Waals surface area contributed by atoms with E-state index in [9.17, 15) is 0 Å². The summed E-state index contributed by atoms with van der Waals surface area (Å²) in [4.78, 5) is 3.95. The van der Waals surface area contributed by atoms with Crippen molar-refractivity contribution < 1.29 is 0 Å². The smallest absolute Gasteiger partial charge is 0.0407 e. The van der Waals surface area contributed by atoms with Gasteiger partial charge in [-0.25, -0.2) is 0 Å². The molecule has 0 bridgehead atoms. The van der Waals surface area contributed by atoms with Crippen molar-refractivity contribution in [2.45, 2.75) is 50.8 Å². The van der Waals surface area contributed by atoms with Crippen LogP contribution >= 0.6 is 11.8 Å². The van der Waals surface area contributed by atoms with Crippen molar-refractivity contribution in [3.05, 3.63) is 23.3 Å². The molecule has 1 aliphatic rings. The van der Waals surface area contributed by atoms with Crippen LogP contribution in [0.4, 0.5) is 5.69 Å². The average Bonchev–Trinajstić information content (AvgIpc) is 2.53. The zero-order chi connectivity index (χ0) is 13.0. The molecule has 0 fully saturated rings. The molecule has 0 atom stereocenters. The molecule has 0 N–H and O–H groups in total. The summed E-state index contributed by atoms with van der Waals surface area (Å²) in [6, 6.07) is 4.93. The monoisotopic (exact) mass is 263 g/mol. The van der Waals surface area contributed by atoms with E-state index in [1.54, 1.807) is 11.1 Å². The predicted molar refractivity (Wildman–Crippen MR) is 83.0 cm³/mol. The van der Waals surface area contributed by atoms with Crippen LogP contribution in [0.3, 0.4) is 0 Å². The van der Waals surface area contributed by atoms with Crippen molar-refractivity contribution in [1.82, 2.24) is 0 Å². The van der Waals surface area contributed by atoms with Crippen LogP contribution < -0.4 is 4.90 Å². The first-order chi connectivity index (χ1) is 8.76. The van der Waals surface area contributed by atoms with Crippen LogP contribution in [-0.4, -0.2) is 19.3 Å². The molecule has 1 nitrogen and oxygen atoms in total. The van der Waals surface area contributed by atoms with E-state index in [0.717, 1.165) is 0 Å². The molecular weight excluding hydrogens is 238 g/mol. The van der Waals surface area contributed by atoms with Crippen LogP contribution in [0.25, 0.3) is 0 Å². The molecule has 0 aromatic heterocycles. The normalized spacial score (nSPS) is 15.4. The van der Waals surface area contributed by atoms with Gasteiger partial charge in [0.05, 0.1) is 0 Å². The molecule has 1 aromatic carbocycles. The van der Waals surface area contributed by atoms with Gasteiger partial charge in [-0.3, -0.25) is 0 Å². The van der Waals surface area contributed by atoms with E-state index in [1.807, 2.05) is 11.8 Å². The van der Waals surface area contributed by atoms with Crippen molar-refractivity contribution in [1.29, 1.82) is 0 Å². The highest BCUT2D eigenvalue weighted by atomic mass is 32.2. The second kappa shape index (κ2) is 6.51. The van der Waals surface area contributed by atoms with Crippen molar-refractivity contribution in [2.24, 2.45) is 0 Å². The Morgan fingerprint density at radius 2 is 2.06 bits per heavy atom. The summed E-state index contributed by atoms with van der Waals surface area (Å²) in [5.41, 5.74) is 4.61. The molecule has 0 saturated carbocycles. The standard InChI is InChI=1S/C16H25NS/c1-4-8-14-11-13-9-6-7-10-17(3)15(13)12-16(14)18-5-2/h11-12H,4-10H2,1-3H3. The van der Waals surface area contributed by atoms with Gasteiger partial charge in [-0.05, 0) is 48.6 Å². The van der Waals surface area contributed by atoms with Gasteiger partial charge in [0.25, 0.3) is 0 Å². The number of hydrogen-bond acceptors (Lipinski definition) is 2. The first-order valence-electron chi connectivity index (χ1n) is 7.26. The van der Waals surface area contributed by atoms with E-state index in [-0.39, 0.29) is 0 Å². The summed E-state index contributed by atoms with van der Waals surface area (Å²) in [5.74, 6) is 1.17. The highest BCUT2D eigenvalue weighted by Crippen LogP contribution is 2.34. The summed E-state index contributed by atoms with van der Waals surface area (Å²) in [5, 5.41) is 0. The molecule has 1 heterocycles. The van der Waals surface area contributed by atoms with Crippen molar-refractivity contribution >= 4 is 17.4 Å². The van der Waals surface area contributed by atoms with Gasteiger partial charge < -0.3 is 4.90 Å². The Bertz CT molecular complexity index is 400. The van der Waals surface area contributed by atoms with Gasteiger partial charge in [0.1, 0.15) is 0 Å². The molecule has 18 heavy (non-hydrogen) atoms. The lowest BCUT2D eigenvalue weighted by Gasteiger charge is -2.22. The third-order valence-corrected chi connectivity index (χ3v) is 4.66. The molecule has 100 valence electrons. The topological polar surface area (TPSA) is 3.24 Å². The number of benzene rings is 1. The summed E-state index contributed by atoms with van der Waals surface area (Å²) in [6.45, 7) is 5.73. The Morgan fingerprint density at radius 1 is 1.22 bits per heavy atom. The molecular formula is C16H25NS. The Hall–Kier alpha value is -0.630. The van der Waals surface area contributed by atoms with Gasteiger partial charge in [0.2, 0.25) is 0 Å². The van der Waals surface area contributed by atoms with Crippen molar-refractivity contribution in [2.75, 3.05) is 24.2 Å². The Morgan fingerprint density at radius 3 is 2.78 bits per heavy atom. The fourth-order valence-corrected chi connectivity index (χ4v) is 3.61. The summed E-state index contributed by atoms with van der Waals surface area (Å²) >= 11 is 2.00. The third-order valence-electron chi connectivity index (χ3n) is 3.68. The number of nitrogens with zero attached hydrogens (tertiary/aromatic N) is 1. The Balaban J connectivity index is 2.40.